The van der Waals surface area contributed by atoms with E-state index in [-0.39, 0.29) is 36.1 Å². The molecule has 4 aromatic rings. The lowest BCUT2D eigenvalue weighted by molar-refractivity contribution is -0.135. The maximum absolute atomic E-state index is 14.1. The zero-order valence-corrected chi connectivity index (χ0v) is 26.5. The zero-order valence-electron chi connectivity index (χ0n) is 24.9. The number of hydrogen-bond acceptors (Lipinski definition) is 5. The smallest absolute Gasteiger partial charge is 0.335 e. The third kappa shape index (κ3) is 7.64. The van der Waals surface area contributed by atoms with Crippen LogP contribution in [-0.4, -0.2) is 47.2 Å². The molecule has 1 heterocycles. The molecule has 0 spiro atoms. The van der Waals surface area contributed by atoms with Gasteiger partial charge in [0.05, 0.1) is 42.6 Å². The van der Waals surface area contributed by atoms with E-state index in [1.54, 1.807) is 36.4 Å². The first-order valence-corrected chi connectivity index (χ1v) is 15.4. The van der Waals surface area contributed by atoms with E-state index >= 15 is 0 Å². The average Bonchev–Trinajstić information content (AvgIpc) is 3.49. The van der Waals surface area contributed by atoms with Gasteiger partial charge in [0.1, 0.15) is 17.6 Å². The standard InChI is InChI=1S/C35H34BrN3O6/c1-22(45-26-15-13-25(14-16-26)34(41)42)30-18-19-31(24-8-4-3-5-9-24)39(30)33(40)21-23-12-17-29(32(20-23)44-2)38-35(43)37-28-11-7-6-10-27(28)36/h3-17,20,22,30-31H,18-19,21H2,1-2H3,(H,41,42)(H2,37,38,43). The Bertz CT molecular complexity index is 1660. The summed E-state index contributed by atoms with van der Waals surface area (Å²) in [5.74, 6) is -0.0873. The normalized spacial score (nSPS) is 16.5. The quantitative estimate of drug-likeness (QED) is 0.160. The number of carboxylic acid groups (broad SMARTS) is 1. The number of ether oxygens (including phenoxy) is 2. The summed E-state index contributed by atoms with van der Waals surface area (Å²) >= 11 is 3.42. The minimum Gasteiger partial charge on any atom is -0.495 e. The molecule has 0 bridgehead atoms. The van der Waals surface area contributed by atoms with Gasteiger partial charge in [-0.25, -0.2) is 9.59 Å². The van der Waals surface area contributed by atoms with Gasteiger partial charge in [-0.05, 0) is 95.4 Å². The molecule has 1 saturated heterocycles. The molecular formula is C35H34BrN3O6. The Morgan fingerprint density at radius 1 is 0.911 bits per heavy atom. The molecule has 1 fully saturated rings. The first-order valence-electron chi connectivity index (χ1n) is 14.6. The van der Waals surface area contributed by atoms with E-state index in [1.165, 1.54) is 19.2 Å². The number of carbonyl (C=O) groups is 3. The van der Waals surface area contributed by atoms with Crippen LogP contribution in [-0.2, 0) is 11.2 Å². The zero-order chi connectivity index (χ0) is 31.9. The summed E-state index contributed by atoms with van der Waals surface area (Å²) in [6.45, 7) is 1.94. The van der Waals surface area contributed by atoms with Gasteiger partial charge in [-0.15, -0.1) is 0 Å². The number of halogens is 1. The second-order valence-corrected chi connectivity index (χ2v) is 11.6. The molecule has 0 saturated carbocycles. The number of rotatable bonds is 10. The molecule has 0 radical (unpaired) electrons. The molecule has 3 atom stereocenters. The summed E-state index contributed by atoms with van der Waals surface area (Å²) in [4.78, 5) is 39.9. The summed E-state index contributed by atoms with van der Waals surface area (Å²) in [7, 11) is 1.52. The molecule has 10 heteroatoms. The number of para-hydroxylation sites is 1. The molecule has 0 aliphatic carbocycles. The maximum atomic E-state index is 14.1. The van der Waals surface area contributed by atoms with Gasteiger partial charge in [0.15, 0.2) is 0 Å². The molecule has 3 amide bonds. The fraction of sp³-hybridized carbons (Fsp3) is 0.229. The van der Waals surface area contributed by atoms with Crippen LogP contribution >= 0.6 is 15.9 Å². The molecule has 1 aliphatic rings. The molecular weight excluding hydrogens is 638 g/mol. The second-order valence-electron chi connectivity index (χ2n) is 10.8. The van der Waals surface area contributed by atoms with E-state index < -0.39 is 12.0 Å². The fourth-order valence-electron chi connectivity index (χ4n) is 5.68. The molecule has 3 unspecified atom stereocenters. The fourth-order valence-corrected chi connectivity index (χ4v) is 6.07. The molecule has 4 aromatic carbocycles. The maximum Gasteiger partial charge on any atom is 0.335 e. The van der Waals surface area contributed by atoms with Crippen molar-refractivity contribution in [1.29, 1.82) is 0 Å². The first kappa shape index (κ1) is 31.6. The number of carbonyl (C=O) groups excluding carboxylic acids is 2. The number of nitrogens with zero attached hydrogens (tertiary/aromatic N) is 1. The average molecular weight is 673 g/mol. The summed E-state index contributed by atoms with van der Waals surface area (Å²) in [6, 6.07) is 28.1. The van der Waals surface area contributed by atoms with Crippen LogP contribution in [0.15, 0.2) is 102 Å². The van der Waals surface area contributed by atoms with Crippen molar-refractivity contribution in [2.24, 2.45) is 0 Å². The van der Waals surface area contributed by atoms with Crippen LogP contribution in [0.4, 0.5) is 16.2 Å². The van der Waals surface area contributed by atoms with Crippen LogP contribution in [0.2, 0.25) is 0 Å². The van der Waals surface area contributed by atoms with Gasteiger partial charge in [-0.1, -0.05) is 48.5 Å². The monoisotopic (exact) mass is 671 g/mol. The molecule has 1 aliphatic heterocycles. The van der Waals surface area contributed by atoms with E-state index in [9.17, 15) is 19.5 Å². The van der Waals surface area contributed by atoms with Crippen LogP contribution in [0.5, 0.6) is 11.5 Å². The van der Waals surface area contributed by atoms with E-state index in [0.717, 1.165) is 28.4 Å². The van der Waals surface area contributed by atoms with Crippen molar-refractivity contribution < 1.29 is 29.0 Å². The van der Waals surface area contributed by atoms with Crippen molar-refractivity contribution >= 4 is 45.2 Å². The highest BCUT2D eigenvalue weighted by Gasteiger charge is 2.41. The number of urea groups is 1. The highest BCUT2D eigenvalue weighted by Crippen LogP contribution is 2.39. The van der Waals surface area contributed by atoms with Crippen molar-refractivity contribution in [3.05, 3.63) is 118 Å². The predicted octanol–water partition coefficient (Wildman–Crippen LogP) is 7.54. The minimum atomic E-state index is -1.00. The lowest BCUT2D eigenvalue weighted by Gasteiger charge is -2.34. The van der Waals surface area contributed by atoms with Crippen molar-refractivity contribution in [3.8, 4) is 11.5 Å². The number of nitrogens with one attached hydrogen (secondary N) is 2. The van der Waals surface area contributed by atoms with Crippen molar-refractivity contribution in [2.75, 3.05) is 17.7 Å². The van der Waals surface area contributed by atoms with Crippen LogP contribution in [0.3, 0.4) is 0 Å². The predicted molar refractivity (Wildman–Crippen MR) is 176 cm³/mol. The van der Waals surface area contributed by atoms with Gasteiger partial charge in [-0.3, -0.25) is 4.79 Å². The number of benzene rings is 4. The van der Waals surface area contributed by atoms with Gasteiger partial charge in [0.25, 0.3) is 0 Å². The topological polar surface area (TPSA) is 117 Å². The van der Waals surface area contributed by atoms with Gasteiger partial charge >= 0.3 is 12.0 Å². The molecule has 5 rings (SSSR count). The van der Waals surface area contributed by atoms with Crippen LogP contribution < -0.4 is 20.1 Å². The molecule has 9 nitrogen and oxygen atoms in total. The summed E-state index contributed by atoms with van der Waals surface area (Å²) in [5.41, 5.74) is 3.07. The number of likely N-dealkylation sites (tertiary alicyclic amines) is 1. The number of methoxy groups -OCH3 is 1. The van der Waals surface area contributed by atoms with E-state index in [4.69, 9.17) is 9.47 Å². The van der Waals surface area contributed by atoms with Crippen LogP contribution in [0.25, 0.3) is 0 Å². The third-order valence-electron chi connectivity index (χ3n) is 7.86. The lowest BCUT2D eigenvalue weighted by Crippen LogP contribution is -2.45. The van der Waals surface area contributed by atoms with Gasteiger partial charge in [-0.2, -0.15) is 0 Å². The number of amides is 3. The minimum absolute atomic E-state index is 0.0579. The highest BCUT2D eigenvalue weighted by atomic mass is 79.9. The first-order chi connectivity index (χ1) is 21.7. The van der Waals surface area contributed by atoms with Gasteiger partial charge < -0.3 is 30.1 Å². The SMILES string of the molecule is COc1cc(CC(=O)N2C(c3ccccc3)CCC2C(C)Oc2ccc(C(=O)O)cc2)ccc1NC(=O)Nc1ccccc1Br. The Hall–Kier alpha value is -4.83. The molecule has 45 heavy (non-hydrogen) atoms. The Kier molecular flexibility index (Phi) is 10.0. The van der Waals surface area contributed by atoms with Crippen molar-refractivity contribution in [1.82, 2.24) is 4.90 Å². The van der Waals surface area contributed by atoms with E-state index in [1.807, 2.05) is 60.4 Å². The third-order valence-corrected chi connectivity index (χ3v) is 8.55. The molecule has 0 aromatic heterocycles. The lowest BCUT2D eigenvalue weighted by atomic mass is 10.0. The molecule has 3 N–H and O–H groups in total. The number of carboxylic acids is 1. The van der Waals surface area contributed by atoms with Gasteiger partial charge in [0, 0.05) is 4.47 Å². The number of aromatic carboxylic acids is 1. The highest BCUT2D eigenvalue weighted by molar-refractivity contribution is 9.10. The van der Waals surface area contributed by atoms with Crippen LogP contribution in [0.1, 0.15) is 47.3 Å². The van der Waals surface area contributed by atoms with Gasteiger partial charge in [0.2, 0.25) is 5.91 Å². The second kappa shape index (κ2) is 14.3. The Balaban J connectivity index is 1.33. The van der Waals surface area contributed by atoms with Crippen molar-refractivity contribution in [3.63, 3.8) is 0 Å². The number of anilines is 2. The summed E-state index contributed by atoms with van der Waals surface area (Å²) in [5, 5.41) is 14.8. The summed E-state index contributed by atoms with van der Waals surface area (Å²) in [6.07, 6.45) is 1.31. The summed E-state index contributed by atoms with van der Waals surface area (Å²) < 4.78 is 12.6. The van der Waals surface area contributed by atoms with Crippen LogP contribution in [0, 0.1) is 0 Å². The Morgan fingerprint density at radius 2 is 1.60 bits per heavy atom. The Morgan fingerprint density at radius 3 is 2.29 bits per heavy atom. The van der Waals surface area contributed by atoms with E-state index in [0.29, 0.717) is 22.9 Å². The molecule has 232 valence electrons. The number of hydrogen-bond donors (Lipinski definition) is 3. The van der Waals surface area contributed by atoms with Crippen molar-refractivity contribution in [2.45, 2.75) is 44.4 Å². The largest absolute Gasteiger partial charge is 0.495 e. The Labute approximate surface area is 270 Å². The van der Waals surface area contributed by atoms with E-state index in [2.05, 4.69) is 26.6 Å².